The summed E-state index contributed by atoms with van der Waals surface area (Å²) in [5.74, 6) is -1.43. The number of hydrogen-bond donors (Lipinski definition) is 3. The third-order valence-electron chi connectivity index (χ3n) is 4.22. The van der Waals surface area contributed by atoms with Gasteiger partial charge in [-0.3, -0.25) is 0 Å². The number of allylic oxidation sites excluding steroid dienone is 1. The van der Waals surface area contributed by atoms with Crippen LogP contribution < -0.4 is 16.6 Å². The lowest BCUT2D eigenvalue weighted by Crippen LogP contribution is -2.42. The van der Waals surface area contributed by atoms with Crippen LogP contribution in [0.5, 0.6) is 0 Å². The fourth-order valence-electron chi connectivity index (χ4n) is 3.26. The first-order valence-electron chi connectivity index (χ1n) is 7.08. The largest absolute Gasteiger partial charge is 0.458 e. The van der Waals surface area contributed by atoms with Gasteiger partial charge in [0, 0.05) is 29.5 Å². The molecule has 4 N–H and O–H groups in total. The predicted molar refractivity (Wildman–Crippen MR) is 81.3 cm³/mol. The highest BCUT2D eigenvalue weighted by Gasteiger charge is 2.49. The first-order valence-corrected chi connectivity index (χ1v) is 7.46. The van der Waals surface area contributed by atoms with E-state index < -0.39 is 18.0 Å². The van der Waals surface area contributed by atoms with Crippen LogP contribution in [0.15, 0.2) is 29.7 Å². The standard InChI is InChI=1S/C15H16ClFN4O2/c1-22-6-10-13-11(12-8(16)3-2-4-9(12)17)7(5-18)14(19)23-15(13)21-20-10/h2-4,10-11,13,15,20-21H,6,19H2,1H3. The van der Waals surface area contributed by atoms with Gasteiger partial charge in [-0.1, -0.05) is 17.7 Å². The fraction of sp³-hybridized carbons (Fsp3) is 0.400. The van der Waals surface area contributed by atoms with Gasteiger partial charge in [-0.25, -0.2) is 15.2 Å². The fourth-order valence-corrected chi connectivity index (χ4v) is 3.54. The van der Waals surface area contributed by atoms with E-state index in [1.165, 1.54) is 12.1 Å². The molecule has 23 heavy (non-hydrogen) atoms. The molecule has 8 heteroatoms. The summed E-state index contributed by atoms with van der Waals surface area (Å²) in [4.78, 5) is 0. The Morgan fingerprint density at radius 3 is 2.91 bits per heavy atom. The minimum absolute atomic E-state index is 0.0227. The van der Waals surface area contributed by atoms with Gasteiger partial charge >= 0.3 is 0 Å². The van der Waals surface area contributed by atoms with Crippen molar-refractivity contribution in [3.8, 4) is 6.07 Å². The number of methoxy groups -OCH3 is 1. The molecule has 3 rings (SSSR count). The molecule has 122 valence electrons. The lowest BCUT2D eigenvalue weighted by Gasteiger charge is -2.36. The Bertz CT molecular complexity index is 670. The maximum Gasteiger partial charge on any atom is 0.200 e. The van der Waals surface area contributed by atoms with E-state index in [1.807, 2.05) is 6.07 Å². The molecule has 0 aromatic heterocycles. The molecule has 0 saturated carbocycles. The molecule has 0 amide bonds. The van der Waals surface area contributed by atoms with Crippen LogP contribution in [0.4, 0.5) is 4.39 Å². The Kier molecular flexibility index (Phi) is 4.41. The zero-order valence-electron chi connectivity index (χ0n) is 12.3. The van der Waals surface area contributed by atoms with Crippen LogP contribution in [0.1, 0.15) is 11.5 Å². The van der Waals surface area contributed by atoms with Crippen LogP contribution >= 0.6 is 11.6 Å². The highest BCUT2D eigenvalue weighted by atomic mass is 35.5. The van der Waals surface area contributed by atoms with Crippen molar-refractivity contribution in [2.45, 2.75) is 18.2 Å². The van der Waals surface area contributed by atoms with Gasteiger partial charge in [0.1, 0.15) is 11.9 Å². The van der Waals surface area contributed by atoms with E-state index in [0.29, 0.717) is 6.61 Å². The van der Waals surface area contributed by atoms with E-state index in [2.05, 4.69) is 10.9 Å². The molecule has 2 aliphatic rings. The predicted octanol–water partition coefficient (Wildman–Crippen LogP) is 1.35. The molecular formula is C15H16ClFN4O2. The summed E-state index contributed by atoms with van der Waals surface area (Å²) in [6.45, 7) is 0.360. The van der Waals surface area contributed by atoms with Crippen molar-refractivity contribution in [2.24, 2.45) is 11.7 Å². The van der Waals surface area contributed by atoms with Crippen LogP contribution in [0.3, 0.4) is 0 Å². The second-order valence-electron chi connectivity index (χ2n) is 5.47. The minimum Gasteiger partial charge on any atom is -0.458 e. The molecule has 1 aromatic rings. The Hall–Kier alpha value is -1.85. The second-order valence-corrected chi connectivity index (χ2v) is 5.88. The van der Waals surface area contributed by atoms with Gasteiger partial charge in [0.25, 0.3) is 0 Å². The smallest absolute Gasteiger partial charge is 0.200 e. The minimum atomic E-state index is -0.630. The van der Waals surface area contributed by atoms with Crippen molar-refractivity contribution in [2.75, 3.05) is 13.7 Å². The number of nitrogens with zero attached hydrogens (tertiary/aromatic N) is 1. The number of nitriles is 1. The molecule has 2 heterocycles. The molecule has 0 bridgehead atoms. The van der Waals surface area contributed by atoms with E-state index >= 15 is 0 Å². The third-order valence-corrected chi connectivity index (χ3v) is 4.55. The molecule has 1 fully saturated rings. The van der Waals surface area contributed by atoms with Gasteiger partial charge in [0.2, 0.25) is 5.88 Å². The average molecular weight is 339 g/mol. The normalized spacial score (nSPS) is 29.8. The molecule has 0 spiro atoms. The molecule has 4 atom stereocenters. The first kappa shape index (κ1) is 16.0. The molecule has 0 aliphatic carbocycles. The monoisotopic (exact) mass is 338 g/mol. The summed E-state index contributed by atoms with van der Waals surface area (Å²) >= 11 is 6.22. The van der Waals surface area contributed by atoms with Gasteiger partial charge < -0.3 is 15.2 Å². The molecule has 0 radical (unpaired) electrons. The van der Waals surface area contributed by atoms with Crippen LogP contribution in [0, 0.1) is 23.1 Å². The van der Waals surface area contributed by atoms with E-state index in [9.17, 15) is 9.65 Å². The number of hydrazine groups is 1. The van der Waals surface area contributed by atoms with Gasteiger partial charge in [0.05, 0.1) is 18.2 Å². The molecule has 6 nitrogen and oxygen atoms in total. The maximum atomic E-state index is 14.5. The maximum absolute atomic E-state index is 14.5. The van der Waals surface area contributed by atoms with Crippen molar-refractivity contribution >= 4 is 11.6 Å². The van der Waals surface area contributed by atoms with E-state index in [-0.39, 0.29) is 34.0 Å². The number of hydrogen-bond acceptors (Lipinski definition) is 6. The topological polar surface area (TPSA) is 92.3 Å². The van der Waals surface area contributed by atoms with E-state index in [4.69, 9.17) is 26.8 Å². The highest BCUT2D eigenvalue weighted by Crippen LogP contribution is 2.45. The zero-order chi connectivity index (χ0) is 16.6. The van der Waals surface area contributed by atoms with Crippen molar-refractivity contribution in [1.29, 1.82) is 5.26 Å². The van der Waals surface area contributed by atoms with Gasteiger partial charge in [0.15, 0.2) is 6.23 Å². The van der Waals surface area contributed by atoms with Gasteiger partial charge in [-0.05, 0) is 12.1 Å². The zero-order valence-corrected chi connectivity index (χ0v) is 13.1. The summed E-state index contributed by atoms with van der Waals surface area (Å²) in [6, 6.07) is 6.28. The van der Waals surface area contributed by atoms with Crippen molar-refractivity contribution < 1.29 is 13.9 Å². The Morgan fingerprint density at radius 1 is 1.48 bits per heavy atom. The summed E-state index contributed by atoms with van der Waals surface area (Å²) < 4.78 is 25.2. The van der Waals surface area contributed by atoms with E-state index in [0.717, 1.165) is 0 Å². The summed E-state index contributed by atoms with van der Waals surface area (Å²) in [6.07, 6.45) is -0.507. The van der Waals surface area contributed by atoms with Gasteiger partial charge in [-0.2, -0.15) is 5.26 Å². The van der Waals surface area contributed by atoms with Crippen molar-refractivity contribution in [1.82, 2.24) is 10.9 Å². The van der Waals surface area contributed by atoms with E-state index in [1.54, 1.807) is 13.2 Å². The molecular weight excluding hydrogens is 323 g/mol. The number of ether oxygens (including phenoxy) is 2. The molecule has 4 unspecified atom stereocenters. The summed E-state index contributed by atoms with van der Waals surface area (Å²) in [5.41, 5.74) is 12.3. The lowest BCUT2D eigenvalue weighted by atomic mass is 9.75. The van der Waals surface area contributed by atoms with Crippen LogP contribution in [0.25, 0.3) is 0 Å². The Morgan fingerprint density at radius 2 is 2.26 bits per heavy atom. The Balaban J connectivity index is 2.15. The number of halogens is 2. The lowest BCUT2D eigenvalue weighted by molar-refractivity contribution is 0.0274. The van der Waals surface area contributed by atoms with Crippen molar-refractivity contribution in [3.63, 3.8) is 0 Å². The first-order chi connectivity index (χ1) is 11.1. The number of nitrogens with one attached hydrogen (secondary N) is 2. The Labute approximate surface area is 138 Å². The third kappa shape index (κ3) is 2.64. The summed E-state index contributed by atoms with van der Waals surface area (Å²) in [7, 11) is 1.57. The molecule has 1 saturated heterocycles. The molecule has 1 aromatic carbocycles. The number of benzene rings is 1. The number of rotatable bonds is 3. The average Bonchev–Trinajstić information content (AvgIpc) is 2.90. The van der Waals surface area contributed by atoms with Gasteiger partial charge in [-0.15, -0.1) is 0 Å². The molecule has 2 aliphatic heterocycles. The SMILES string of the molecule is COCC1NNC2OC(N)=C(C#N)C(c3c(F)cccc3Cl)C12. The van der Waals surface area contributed by atoms with Crippen LogP contribution in [-0.2, 0) is 9.47 Å². The quantitative estimate of drug-likeness (QED) is 0.770. The van der Waals surface area contributed by atoms with Crippen LogP contribution in [0.2, 0.25) is 5.02 Å². The number of fused-ring (bicyclic) bond motifs is 1. The second kappa shape index (κ2) is 6.34. The summed E-state index contributed by atoms with van der Waals surface area (Å²) in [5, 5.41) is 9.75. The number of nitrogens with two attached hydrogens (primary N) is 1. The highest BCUT2D eigenvalue weighted by molar-refractivity contribution is 6.31. The van der Waals surface area contributed by atoms with Crippen LogP contribution in [-0.4, -0.2) is 26.0 Å². The van der Waals surface area contributed by atoms with Crippen molar-refractivity contribution in [3.05, 3.63) is 46.1 Å².